The van der Waals surface area contributed by atoms with Crippen LogP contribution in [0.5, 0.6) is 5.88 Å². The number of hydrogen-bond donors (Lipinski definition) is 5. The molecule has 1 fully saturated rings. The van der Waals surface area contributed by atoms with Gasteiger partial charge in [-0.1, -0.05) is 11.6 Å². The summed E-state index contributed by atoms with van der Waals surface area (Å²) in [7, 11) is 0. The van der Waals surface area contributed by atoms with Crippen molar-refractivity contribution in [2.24, 2.45) is 5.92 Å². The van der Waals surface area contributed by atoms with E-state index in [0.717, 1.165) is 0 Å². The first-order valence-corrected chi connectivity index (χ1v) is 10.2. The van der Waals surface area contributed by atoms with Crippen LogP contribution in [0.2, 0.25) is 5.15 Å². The largest absolute Gasteiger partial charge is 0.478 e. The Morgan fingerprint density at radius 3 is 2.53 bits per heavy atom. The average Bonchev–Trinajstić information content (AvgIpc) is 3.00. The van der Waals surface area contributed by atoms with E-state index in [1.807, 2.05) is 0 Å². The van der Waals surface area contributed by atoms with Crippen LogP contribution in [-0.2, 0) is 0 Å². The van der Waals surface area contributed by atoms with Gasteiger partial charge in [-0.05, 0) is 19.4 Å². The smallest absolute Gasteiger partial charge is 0.405 e. The highest BCUT2D eigenvalue weighted by Gasteiger charge is 2.41. The molecule has 32 heavy (non-hydrogen) atoms. The zero-order valence-corrected chi connectivity index (χ0v) is 17.7. The number of rotatable bonds is 8. The van der Waals surface area contributed by atoms with E-state index in [-0.39, 0.29) is 35.5 Å². The normalized spacial score (nSPS) is 23.2. The van der Waals surface area contributed by atoms with Gasteiger partial charge in [0.15, 0.2) is 0 Å². The van der Waals surface area contributed by atoms with Crippen LogP contribution in [0.1, 0.15) is 13.3 Å². The Balaban J connectivity index is 1.97. The van der Waals surface area contributed by atoms with Gasteiger partial charge >= 0.3 is 6.18 Å². The molecule has 0 spiro atoms. The molecule has 1 aliphatic rings. The van der Waals surface area contributed by atoms with Gasteiger partial charge in [-0.2, -0.15) is 18.2 Å². The molecule has 5 N–H and O–H groups in total. The lowest BCUT2D eigenvalue weighted by molar-refractivity contribution is -0.115. The predicted octanol–water partition coefficient (Wildman–Crippen LogP) is 2.08. The van der Waals surface area contributed by atoms with Crippen LogP contribution in [0.4, 0.5) is 24.9 Å². The molecule has 2 heterocycles. The number of alkyl halides is 3. The van der Waals surface area contributed by atoms with Crippen molar-refractivity contribution in [1.29, 1.82) is 0 Å². The number of nitrogens with one attached hydrogen (secondary N) is 2. The number of aliphatic hydroxyl groups excluding tert-OH is 3. The van der Waals surface area contributed by atoms with E-state index in [9.17, 15) is 28.5 Å². The number of halogens is 4. The molecule has 0 bridgehead atoms. The van der Waals surface area contributed by atoms with Crippen molar-refractivity contribution in [1.82, 2.24) is 15.0 Å². The monoisotopic (exact) mass is 477 g/mol. The minimum atomic E-state index is -4.50. The van der Waals surface area contributed by atoms with Crippen LogP contribution >= 0.6 is 11.6 Å². The molecule has 0 radical (unpaired) electrons. The van der Waals surface area contributed by atoms with Crippen molar-refractivity contribution >= 4 is 23.4 Å². The molecule has 176 valence electrons. The highest BCUT2D eigenvalue weighted by Crippen LogP contribution is 2.37. The Bertz CT molecular complexity index is 919. The maximum Gasteiger partial charge on any atom is 0.405 e. The van der Waals surface area contributed by atoms with Gasteiger partial charge in [0.2, 0.25) is 11.8 Å². The Hall–Kier alpha value is -2.41. The van der Waals surface area contributed by atoms with Crippen LogP contribution in [-0.4, -0.2) is 74.5 Å². The molecule has 2 aromatic rings. The lowest BCUT2D eigenvalue weighted by Gasteiger charge is -2.21. The van der Waals surface area contributed by atoms with Crippen LogP contribution in [0.3, 0.4) is 0 Å². The number of hydrogen-bond acceptors (Lipinski definition) is 9. The molecule has 3 rings (SSSR count). The Morgan fingerprint density at radius 1 is 1.22 bits per heavy atom. The second-order valence-corrected chi connectivity index (χ2v) is 7.62. The van der Waals surface area contributed by atoms with Gasteiger partial charge in [0.1, 0.15) is 23.6 Å². The summed E-state index contributed by atoms with van der Waals surface area (Å²) in [5.74, 6) is -0.538. The first-order chi connectivity index (χ1) is 15.1. The molecule has 0 amide bonds. The first kappa shape index (κ1) is 24.2. The van der Waals surface area contributed by atoms with Crippen LogP contribution in [0, 0.1) is 5.92 Å². The van der Waals surface area contributed by atoms with Crippen molar-refractivity contribution in [3.8, 4) is 17.0 Å². The molecule has 0 saturated heterocycles. The minimum Gasteiger partial charge on any atom is -0.478 e. The van der Waals surface area contributed by atoms with Crippen LogP contribution in [0.25, 0.3) is 11.1 Å². The van der Waals surface area contributed by atoms with E-state index in [1.165, 1.54) is 6.20 Å². The number of nitrogens with zero attached hydrogens (tertiary/aromatic N) is 3. The number of ether oxygens (including phenoxy) is 1. The third-order valence-corrected chi connectivity index (χ3v) is 5.26. The summed E-state index contributed by atoms with van der Waals surface area (Å²) in [4.78, 5) is 12.2. The van der Waals surface area contributed by atoms with E-state index in [1.54, 1.807) is 19.1 Å². The first-order valence-electron chi connectivity index (χ1n) is 9.83. The molecule has 1 aliphatic carbocycles. The van der Waals surface area contributed by atoms with Gasteiger partial charge in [0.25, 0.3) is 0 Å². The number of anilines is 2. The second kappa shape index (κ2) is 10.0. The summed E-state index contributed by atoms with van der Waals surface area (Å²) < 4.78 is 43.2. The average molecular weight is 478 g/mol. The van der Waals surface area contributed by atoms with E-state index in [4.69, 9.17) is 16.3 Å². The fraction of sp³-hybridized carbons (Fsp3) is 0.526. The summed E-state index contributed by atoms with van der Waals surface area (Å²) in [5, 5.41) is 34.7. The van der Waals surface area contributed by atoms with Gasteiger partial charge in [0, 0.05) is 30.4 Å². The topological polar surface area (TPSA) is 133 Å². The fourth-order valence-corrected chi connectivity index (χ4v) is 3.72. The molecule has 9 nitrogen and oxygen atoms in total. The third kappa shape index (κ3) is 5.68. The Morgan fingerprint density at radius 2 is 1.97 bits per heavy atom. The molecule has 1 saturated carbocycles. The van der Waals surface area contributed by atoms with E-state index >= 15 is 0 Å². The number of aromatic nitrogens is 3. The van der Waals surface area contributed by atoms with Gasteiger partial charge in [-0.15, -0.1) is 0 Å². The SMILES string of the molecule is CCOc1ccc(-c2c(Cl)nc(NCC(F)(F)F)nc2N[C@@H]2C[C@H](CO)[C@@H](O)[C@H]2O)cn1. The Labute approximate surface area is 186 Å². The molecular weight excluding hydrogens is 455 g/mol. The molecule has 0 unspecified atom stereocenters. The maximum absolute atomic E-state index is 12.6. The molecule has 0 aliphatic heterocycles. The van der Waals surface area contributed by atoms with E-state index in [2.05, 4.69) is 25.6 Å². The van der Waals surface area contributed by atoms with Gasteiger partial charge in [-0.25, -0.2) is 9.97 Å². The third-order valence-electron chi connectivity index (χ3n) is 4.99. The minimum absolute atomic E-state index is 0.0375. The Kier molecular flexibility index (Phi) is 7.59. The molecule has 2 aromatic heterocycles. The predicted molar refractivity (Wildman–Crippen MR) is 111 cm³/mol. The van der Waals surface area contributed by atoms with Gasteiger partial charge in [0.05, 0.1) is 24.3 Å². The fourth-order valence-electron chi connectivity index (χ4n) is 3.44. The zero-order chi connectivity index (χ0) is 23.5. The van der Waals surface area contributed by atoms with E-state index < -0.39 is 36.9 Å². The summed E-state index contributed by atoms with van der Waals surface area (Å²) >= 11 is 6.30. The number of aliphatic hydroxyl groups is 3. The highest BCUT2D eigenvalue weighted by atomic mass is 35.5. The molecule has 4 atom stereocenters. The van der Waals surface area contributed by atoms with Crippen molar-refractivity contribution < 1.29 is 33.2 Å². The van der Waals surface area contributed by atoms with E-state index in [0.29, 0.717) is 18.1 Å². The highest BCUT2D eigenvalue weighted by molar-refractivity contribution is 6.32. The van der Waals surface area contributed by atoms with Crippen LogP contribution in [0.15, 0.2) is 18.3 Å². The molecule has 0 aromatic carbocycles. The van der Waals surface area contributed by atoms with Crippen molar-refractivity contribution in [3.63, 3.8) is 0 Å². The van der Waals surface area contributed by atoms with Crippen molar-refractivity contribution in [2.75, 3.05) is 30.4 Å². The van der Waals surface area contributed by atoms with Crippen molar-refractivity contribution in [3.05, 3.63) is 23.5 Å². The standard InChI is InChI=1S/C19H23ClF3N5O4/c1-2-32-12-4-3-9(6-24-12)13-16(20)27-18(25-8-19(21,22)23)28-17(13)26-11-5-10(7-29)14(30)15(11)31/h3-4,6,10-11,14-15,29-31H,2,5,7-8H2,1H3,(H2,25,26,27,28)/t10-,11-,14-,15+/m1/s1. The molecule has 13 heteroatoms. The van der Waals surface area contributed by atoms with Crippen molar-refractivity contribution in [2.45, 2.75) is 37.8 Å². The lowest BCUT2D eigenvalue weighted by atomic mass is 10.1. The van der Waals surface area contributed by atoms with Gasteiger partial charge in [-0.3, -0.25) is 0 Å². The van der Waals surface area contributed by atoms with Crippen LogP contribution < -0.4 is 15.4 Å². The second-order valence-electron chi connectivity index (χ2n) is 7.26. The summed E-state index contributed by atoms with van der Waals surface area (Å²) in [6.07, 6.45) is -5.26. The molecular formula is C19H23ClF3N5O4. The lowest BCUT2D eigenvalue weighted by Crippen LogP contribution is -2.35. The van der Waals surface area contributed by atoms with Gasteiger partial charge < -0.3 is 30.7 Å². The zero-order valence-electron chi connectivity index (χ0n) is 17.0. The summed E-state index contributed by atoms with van der Waals surface area (Å²) in [6, 6.07) is 2.48. The quantitative estimate of drug-likeness (QED) is 0.362. The summed E-state index contributed by atoms with van der Waals surface area (Å²) in [5.41, 5.74) is 0.698. The number of pyridine rings is 1. The maximum atomic E-state index is 12.6. The summed E-state index contributed by atoms with van der Waals surface area (Å²) in [6.45, 7) is 0.506.